The van der Waals surface area contributed by atoms with Crippen LogP contribution in [-0.2, 0) is 9.47 Å². The van der Waals surface area contributed by atoms with Crippen molar-refractivity contribution in [3.05, 3.63) is 23.5 Å². The van der Waals surface area contributed by atoms with Crippen molar-refractivity contribution in [3.63, 3.8) is 0 Å². The molecule has 7 nitrogen and oxygen atoms in total. The molecular formula is C22H28N4O3. The van der Waals surface area contributed by atoms with Gasteiger partial charge in [0.15, 0.2) is 6.29 Å². The lowest BCUT2D eigenvalue weighted by Gasteiger charge is -2.35. The highest BCUT2D eigenvalue weighted by Gasteiger charge is 2.45. The fraction of sp³-hybridized carbons (Fsp3) is 0.591. The normalized spacial score (nSPS) is 23.3. The van der Waals surface area contributed by atoms with Crippen LogP contribution in [0.1, 0.15) is 57.2 Å². The second-order valence-corrected chi connectivity index (χ2v) is 8.18. The third-order valence-corrected chi connectivity index (χ3v) is 5.24. The van der Waals surface area contributed by atoms with Crippen molar-refractivity contribution in [1.82, 2.24) is 4.98 Å². The number of aliphatic imine (C=N–C) groups is 1. The van der Waals surface area contributed by atoms with Gasteiger partial charge in [0.25, 0.3) is 0 Å². The zero-order valence-electron chi connectivity index (χ0n) is 17.1. The van der Waals surface area contributed by atoms with E-state index in [-0.39, 0.29) is 18.0 Å². The van der Waals surface area contributed by atoms with Gasteiger partial charge in [-0.3, -0.25) is 4.99 Å². The molecular weight excluding hydrogens is 368 g/mol. The Balaban J connectivity index is 1.46. The zero-order chi connectivity index (χ0) is 20.3. The van der Waals surface area contributed by atoms with E-state index in [0.29, 0.717) is 36.2 Å². The van der Waals surface area contributed by atoms with Gasteiger partial charge in [0.1, 0.15) is 17.2 Å². The number of nitrogens with zero attached hydrogens (tertiary/aromatic N) is 3. The smallest absolute Gasteiger partial charge is 0.177 e. The van der Waals surface area contributed by atoms with Gasteiger partial charge in [0.05, 0.1) is 31.1 Å². The molecule has 0 amide bonds. The predicted octanol–water partition coefficient (Wildman–Crippen LogP) is 2.66. The monoisotopic (exact) mass is 396 g/mol. The van der Waals surface area contributed by atoms with Gasteiger partial charge in [-0.05, 0) is 52.0 Å². The third-order valence-electron chi connectivity index (χ3n) is 5.24. The second kappa shape index (κ2) is 8.52. The number of ether oxygens (including phenoxy) is 3. The average Bonchev–Trinajstić information content (AvgIpc) is 3.40. The number of nitrogens with two attached hydrogens (primary N) is 1. The van der Waals surface area contributed by atoms with E-state index in [2.05, 4.69) is 26.9 Å². The molecule has 1 unspecified atom stereocenters. The van der Waals surface area contributed by atoms with Crippen LogP contribution in [-0.4, -0.2) is 48.1 Å². The molecule has 1 aromatic rings. The van der Waals surface area contributed by atoms with Crippen molar-refractivity contribution in [2.75, 3.05) is 13.2 Å². The summed E-state index contributed by atoms with van der Waals surface area (Å²) in [6.07, 6.45) is 8.70. The van der Waals surface area contributed by atoms with E-state index in [4.69, 9.17) is 20.1 Å². The van der Waals surface area contributed by atoms with Gasteiger partial charge >= 0.3 is 0 Å². The summed E-state index contributed by atoms with van der Waals surface area (Å²) < 4.78 is 17.6. The van der Waals surface area contributed by atoms with Crippen molar-refractivity contribution in [2.45, 2.75) is 63.9 Å². The summed E-state index contributed by atoms with van der Waals surface area (Å²) in [5.41, 5.74) is 1.75. The summed E-state index contributed by atoms with van der Waals surface area (Å²) in [5, 5.41) is 3.87. The molecule has 1 saturated heterocycles. The van der Waals surface area contributed by atoms with Crippen LogP contribution in [0.2, 0.25) is 0 Å². The summed E-state index contributed by atoms with van der Waals surface area (Å²) in [4.78, 5) is 8.93. The standard InChI is InChI=1S/C22H28N4O3/c1-15(2)28-19-10-17(7-6-16-4-5-16)11-25-21(19)18(26-23)12-24-13-20-27-14-22(29-20)8-3-9-22/h10-12,15-16,20H,3-5,8-9,13-14,23H2,1-2H3/b24-12?,26-18+. The van der Waals surface area contributed by atoms with Gasteiger partial charge in [-0.25, -0.2) is 4.98 Å². The van der Waals surface area contributed by atoms with Gasteiger partial charge in [-0.1, -0.05) is 11.8 Å². The Morgan fingerprint density at radius 2 is 2.28 bits per heavy atom. The van der Waals surface area contributed by atoms with E-state index in [0.717, 1.165) is 18.4 Å². The minimum Gasteiger partial charge on any atom is -0.489 e. The molecule has 2 heterocycles. The maximum absolute atomic E-state index is 5.99. The molecule has 1 spiro atoms. The Labute approximate surface area is 171 Å². The number of hydrogen-bond acceptors (Lipinski definition) is 7. The molecule has 1 aliphatic heterocycles. The van der Waals surface area contributed by atoms with Gasteiger partial charge in [-0.15, -0.1) is 0 Å². The first kappa shape index (κ1) is 19.9. The van der Waals surface area contributed by atoms with Crippen molar-refractivity contribution in [3.8, 4) is 17.6 Å². The minimum absolute atomic E-state index is 0.0166. The van der Waals surface area contributed by atoms with Crippen LogP contribution in [0.25, 0.3) is 0 Å². The summed E-state index contributed by atoms with van der Waals surface area (Å²) in [6.45, 7) is 4.98. The van der Waals surface area contributed by atoms with Crippen LogP contribution in [0.3, 0.4) is 0 Å². The Morgan fingerprint density at radius 1 is 1.45 bits per heavy atom. The Kier molecular flexibility index (Phi) is 5.84. The van der Waals surface area contributed by atoms with Crippen LogP contribution in [0, 0.1) is 17.8 Å². The molecule has 0 aromatic carbocycles. The molecule has 1 atom stereocenters. The molecule has 4 rings (SSSR count). The summed E-state index contributed by atoms with van der Waals surface area (Å²) in [6, 6.07) is 1.89. The van der Waals surface area contributed by atoms with E-state index in [1.54, 1.807) is 12.4 Å². The highest BCUT2D eigenvalue weighted by atomic mass is 16.7. The molecule has 1 aromatic heterocycles. The molecule has 2 aliphatic carbocycles. The van der Waals surface area contributed by atoms with Gasteiger partial charge in [-0.2, -0.15) is 5.10 Å². The number of aromatic nitrogens is 1. The zero-order valence-corrected chi connectivity index (χ0v) is 17.1. The van der Waals surface area contributed by atoms with E-state index >= 15 is 0 Å². The average molecular weight is 396 g/mol. The highest BCUT2D eigenvalue weighted by Crippen LogP contribution is 2.40. The van der Waals surface area contributed by atoms with Gasteiger partial charge in [0.2, 0.25) is 0 Å². The van der Waals surface area contributed by atoms with E-state index < -0.39 is 0 Å². The Bertz CT molecular complexity index is 861. The van der Waals surface area contributed by atoms with Crippen molar-refractivity contribution in [1.29, 1.82) is 0 Å². The first-order valence-electron chi connectivity index (χ1n) is 10.3. The highest BCUT2D eigenvalue weighted by molar-refractivity contribution is 6.38. The maximum Gasteiger partial charge on any atom is 0.177 e. The topological polar surface area (TPSA) is 91.3 Å². The van der Waals surface area contributed by atoms with Crippen LogP contribution in [0.5, 0.6) is 5.75 Å². The van der Waals surface area contributed by atoms with Crippen molar-refractivity contribution < 1.29 is 14.2 Å². The maximum atomic E-state index is 5.99. The van der Waals surface area contributed by atoms with Gasteiger partial charge < -0.3 is 20.1 Å². The van der Waals surface area contributed by atoms with Crippen LogP contribution in [0.15, 0.2) is 22.4 Å². The van der Waals surface area contributed by atoms with Crippen molar-refractivity contribution in [2.24, 2.45) is 21.9 Å². The van der Waals surface area contributed by atoms with Crippen LogP contribution < -0.4 is 10.6 Å². The lowest BCUT2D eigenvalue weighted by Crippen LogP contribution is -2.39. The quantitative estimate of drug-likeness (QED) is 0.345. The Hall–Kier alpha value is -2.43. The number of pyridine rings is 1. The molecule has 3 fully saturated rings. The number of hydrazone groups is 1. The second-order valence-electron chi connectivity index (χ2n) is 8.18. The molecule has 2 N–H and O–H groups in total. The lowest BCUT2D eigenvalue weighted by atomic mass is 9.81. The third kappa shape index (κ3) is 4.95. The molecule has 0 bridgehead atoms. The molecule has 7 heteroatoms. The fourth-order valence-electron chi connectivity index (χ4n) is 3.36. The van der Waals surface area contributed by atoms with E-state index in [1.807, 2.05) is 19.9 Å². The molecule has 2 saturated carbocycles. The summed E-state index contributed by atoms with van der Waals surface area (Å²) >= 11 is 0. The molecule has 154 valence electrons. The van der Waals surface area contributed by atoms with Crippen LogP contribution >= 0.6 is 0 Å². The molecule has 0 radical (unpaired) electrons. The minimum atomic E-state index is -0.315. The van der Waals surface area contributed by atoms with Gasteiger partial charge in [0, 0.05) is 17.7 Å². The SMILES string of the molecule is CC(C)Oc1cc(C#CC2CC2)cnc1/C(C=NCC1OCC2(CCC2)O1)=N/N. The lowest BCUT2D eigenvalue weighted by molar-refractivity contribution is -0.110. The van der Waals surface area contributed by atoms with Crippen molar-refractivity contribution >= 4 is 11.9 Å². The number of hydrogen-bond donors (Lipinski definition) is 1. The first-order valence-corrected chi connectivity index (χ1v) is 10.3. The van der Waals surface area contributed by atoms with Crippen LogP contribution in [0.4, 0.5) is 0 Å². The summed E-state index contributed by atoms with van der Waals surface area (Å²) in [5.74, 6) is 13.2. The predicted molar refractivity (Wildman–Crippen MR) is 111 cm³/mol. The van der Waals surface area contributed by atoms with E-state index in [1.165, 1.54) is 19.3 Å². The summed E-state index contributed by atoms with van der Waals surface area (Å²) in [7, 11) is 0. The molecule has 3 aliphatic rings. The first-order chi connectivity index (χ1) is 14.1. The Morgan fingerprint density at radius 3 is 2.90 bits per heavy atom. The van der Waals surface area contributed by atoms with E-state index in [9.17, 15) is 0 Å². The largest absolute Gasteiger partial charge is 0.489 e. The molecule has 29 heavy (non-hydrogen) atoms. The fourth-order valence-corrected chi connectivity index (χ4v) is 3.36. The number of rotatable bonds is 6.